The summed E-state index contributed by atoms with van der Waals surface area (Å²) in [5, 5.41) is 2.10. The van der Waals surface area contributed by atoms with Crippen molar-refractivity contribution in [3.8, 4) is 22.4 Å². The second-order valence-electron chi connectivity index (χ2n) is 7.08. The van der Waals surface area contributed by atoms with Gasteiger partial charge in [-0.1, -0.05) is 12.1 Å². The number of anilines is 2. The number of nitrogens with two attached hydrogens (primary N) is 1. The summed E-state index contributed by atoms with van der Waals surface area (Å²) < 4.78 is 39.2. The van der Waals surface area contributed by atoms with Gasteiger partial charge < -0.3 is 15.9 Å². The zero-order chi connectivity index (χ0) is 24.3. The number of aromatic nitrogens is 3. The Bertz CT molecular complexity index is 1360. The molecule has 4 aromatic rings. The number of carbonyl (C=O) groups is 2. The highest BCUT2D eigenvalue weighted by molar-refractivity contribution is 5.91. The summed E-state index contributed by atoms with van der Waals surface area (Å²) in [4.78, 5) is 36.1. The normalized spacial score (nSPS) is 11.3. The van der Waals surface area contributed by atoms with Crippen LogP contribution in [0.25, 0.3) is 28.0 Å². The van der Waals surface area contributed by atoms with Crippen LogP contribution in [-0.2, 0) is 9.63 Å². The van der Waals surface area contributed by atoms with Gasteiger partial charge in [0.05, 0.1) is 17.6 Å². The summed E-state index contributed by atoms with van der Waals surface area (Å²) in [6, 6.07) is 12.2. The third-order valence-corrected chi connectivity index (χ3v) is 4.78. The number of carbonyl (C=O) groups excluding carboxylic acids is 2. The summed E-state index contributed by atoms with van der Waals surface area (Å²) in [7, 11) is 0. The van der Waals surface area contributed by atoms with Crippen LogP contribution in [0.15, 0.2) is 67.1 Å². The molecule has 174 valence electrons. The molecule has 0 unspecified atom stereocenters. The van der Waals surface area contributed by atoms with Crippen LogP contribution in [0.2, 0.25) is 0 Å². The number of alkyl halides is 3. The minimum absolute atomic E-state index is 0.0445. The van der Waals surface area contributed by atoms with Crippen molar-refractivity contribution in [1.82, 2.24) is 19.7 Å². The molecular weight excluding hydrogens is 453 g/mol. The van der Waals surface area contributed by atoms with Crippen molar-refractivity contribution in [1.29, 1.82) is 0 Å². The Hall–Kier alpha value is -4.61. The first-order chi connectivity index (χ1) is 16.2. The van der Waals surface area contributed by atoms with Gasteiger partial charge in [0.25, 0.3) is 0 Å². The second kappa shape index (κ2) is 9.10. The number of halogens is 3. The van der Waals surface area contributed by atoms with E-state index in [2.05, 4.69) is 14.8 Å². The summed E-state index contributed by atoms with van der Waals surface area (Å²) >= 11 is 0. The van der Waals surface area contributed by atoms with Crippen LogP contribution >= 0.6 is 0 Å². The van der Waals surface area contributed by atoms with Gasteiger partial charge in [-0.15, -0.1) is 5.06 Å². The number of imidazole rings is 1. The number of nitrogen functional groups attached to an aromatic ring is 1. The van der Waals surface area contributed by atoms with E-state index in [0.717, 1.165) is 11.1 Å². The lowest BCUT2D eigenvalue weighted by Gasteiger charge is -2.20. The van der Waals surface area contributed by atoms with Gasteiger partial charge in [-0.2, -0.15) is 13.2 Å². The summed E-state index contributed by atoms with van der Waals surface area (Å²) in [6.45, 7) is -1.63. The fourth-order valence-electron chi connectivity index (χ4n) is 3.31. The molecule has 0 bridgehead atoms. The minimum Gasteiger partial charge on any atom is -0.384 e. The summed E-state index contributed by atoms with van der Waals surface area (Å²) in [5.41, 5.74) is 9.38. The molecule has 0 spiro atoms. The molecule has 0 fully saturated rings. The lowest BCUT2D eigenvalue weighted by atomic mass is 10.1. The molecule has 0 aliphatic carbocycles. The molecule has 3 N–H and O–H groups in total. The highest BCUT2D eigenvalue weighted by Crippen LogP contribution is 2.28. The average molecular weight is 470 g/mol. The first-order valence-electron chi connectivity index (χ1n) is 9.80. The van der Waals surface area contributed by atoms with Gasteiger partial charge in [-0.05, 0) is 47.5 Å². The average Bonchev–Trinajstić information content (AvgIpc) is 3.24. The van der Waals surface area contributed by atoms with Crippen LogP contribution < -0.4 is 16.1 Å². The zero-order valence-corrected chi connectivity index (χ0v) is 17.4. The van der Waals surface area contributed by atoms with E-state index in [-0.39, 0.29) is 12.2 Å². The van der Waals surface area contributed by atoms with Crippen LogP contribution in [0, 0.1) is 0 Å². The van der Waals surface area contributed by atoms with Crippen molar-refractivity contribution in [2.75, 3.05) is 17.3 Å². The Labute approximate surface area is 190 Å². The molecule has 0 aliphatic heterocycles. The molecule has 12 heteroatoms. The third-order valence-electron chi connectivity index (χ3n) is 4.78. The molecule has 34 heavy (non-hydrogen) atoms. The van der Waals surface area contributed by atoms with Gasteiger partial charge >= 0.3 is 18.7 Å². The largest absolute Gasteiger partial charge is 0.405 e. The fourth-order valence-corrected chi connectivity index (χ4v) is 3.31. The van der Waals surface area contributed by atoms with Gasteiger partial charge in [-0.3, -0.25) is 9.20 Å². The van der Waals surface area contributed by atoms with Crippen molar-refractivity contribution in [3.63, 3.8) is 0 Å². The monoisotopic (exact) mass is 470 g/mol. The highest BCUT2D eigenvalue weighted by atomic mass is 19.4. The van der Waals surface area contributed by atoms with E-state index in [9.17, 15) is 22.8 Å². The number of hydrogen-bond donors (Lipinski definition) is 2. The fraction of sp³-hybridized carbons (Fsp3) is 0.0909. The van der Waals surface area contributed by atoms with E-state index in [1.54, 1.807) is 46.5 Å². The van der Waals surface area contributed by atoms with E-state index in [1.165, 1.54) is 12.1 Å². The molecule has 0 radical (unpaired) electrons. The number of rotatable bonds is 6. The smallest absolute Gasteiger partial charge is 0.384 e. The first kappa shape index (κ1) is 22.6. The molecule has 9 nitrogen and oxygen atoms in total. The van der Waals surface area contributed by atoms with E-state index in [4.69, 9.17) is 5.73 Å². The predicted octanol–water partition coefficient (Wildman–Crippen LogP) is 3.81. The quantitative estimate of drug-likeness (QED) is 0.327. The molecule has 1 aromatic carbocycles. The lowest BCUT2D eigenvalue weighted by molar-refractivity contribution is -0.129. The minimum atomic E-state index is -4.62. The van der Waals surface area contributed by atoms with E-state index < -0.39 is 18.8 Å². The van der Waals surface area contributed by atoms with E-state index in [1.807, 2.05) is 18.2 Å². The Kier molecular flexibility index (Phi) is 6.04. The maximum Gasteiger partial charge on any atom is 0.405 e. The van der Waals surface area contributed by atoms with E-state index >= 15 is 0 Å². The molecule has 2 amide bonds. The van der Waals surface area contributed by atoms with Gasteiger partial charge in [0.15, 0.2) is 0 Å². The van der Waals surface area contributed by atoms with Gasteiger partial charge in [0.2, 0.25) is 0 Å². The standard InChI is InChI=1S/C22H17F3N6O3/c23-22(24,25)12-29-21(33)31(34-13-32)17-3-1-2-16(8-17)18-11-28-20-10-15(5-7-30(18)20)14-4-6-27-19(26)9-14/h1-11,13H,12H2,(H2,26,27)(H,29,33). The van der Waals surface area contributed by atoms with Crippen molar-refractivity contribution in [2.45, 2.75) is 6.18 Å². The van der Waals surface area contributed by atoms with Crippen molar-refractivity contribution >= 4 is 29.7 Å². The predicted molar refractivity (Wildman–Crippen MR) is 117 cm³/mol. The first-order valence-corrected chi connectivity index (χ1v) is 9.80. The highest BCUT2D eigenvalue weighted by Gasteiger charge is 2.30. The molecule has 0 atom stereocenters. The summed E-state index contributed by atoms with van der Waals surface area (Å²) in [6.07, 6.45) is 0.386. The molecular formula is C22H17F3N6O3. The Morgan fingerprint density at radius 3 is 2.65 bits per heavy atom. The molecule has 3 heterocycles. The Balaban J connectivity index is 1.65. The van der Waals surface area contributed by atoms with Crippen LogP contribution in [0.1, 0.15) is 0 Å². The van der Waals surface area contributed by atoms with Crippen LogP contribution in [0.4, 0.5) is 29.5 Å². The maximum absolute atomic E-state index is 12.5. The van der Waals surface area contributed by atoms with Crippen LogP contribution in [0.5, 0.6) is 0 Å². The van der Waals surface area contributed by atoms with Crippen LogP contribution in [0.3, 0.4) is 0 Å². The molecule has 3 aromatic heterocycles. The number of pyridine rings is 2. The topological polar surface area (TPSA) is 115 Å². The number of hydroxylamine groups is 1. The zero-order valence-electron chi connectivity index (χ0n) is 17.4. The van der Waals surface area contributed by atoms with Crippen molar-refractivity contribution < 1.29 is 27.6 Å². The van der Waals surface area contributed by atoms with Gasteiger partial charge in [0, 0.05) is 18.0 Å². The SMILES string of the molecule is Nc1cc(-c2ccn3c(-c4cccc(N(OC=O)C(=O)NCC(F)(F)F)c4)cnc3c2)ccn1. The van der Waals surface area contributed by atoms with E-state index in [0.29, 0.717) is 27.8 Å². The second-order valence-corrected chi connectivity index (χ2v) is 7.08. The van der Waals surface area contributed by atoms with Gasteiger partial charge in [-0.25, -0.2) is 14.8 Å². The Morgan fingerprint density at radius 2 is 1.91 bits per heavy atom. The molecule has 4 rings (SSSR count). The Morgan fingerprint density at radius 1 is 1.12 bits per heavy atom. The number of nitrogens with one attached hydrogen (secondary N) is 1. The maximum atomic E-state index is 12.5. The number of fused-ring (bicyclic) bond motifs is 1. The lowest BCUT2D eigenvalue weighted by Crippen LogP contribution is -2.43. The molecule has 0 saturated heterocycles. The van der Waals surface area contributed by atoms with Crippen LogP contribution in [-0.4, -0.2) is 39.6 Å². The van der Waals surface area contributed by atoms with Crippen molar-refractivity contribution in [3.05, 3.63) is 67.1 Å². The number of benzene rings is 1. The van der Waals surface area contributed by atoms with Crippen molar-refractivity contribution in [2.24, 2.45) is 0 Å². The third kappa shape index (κ3) is 4.90. The summed E-state index contributed by atoms with van der Waals surface area (Å²) in [5.74, 6) is 0.389. The molecule has 0 saturated carbocycles. The number of hydrogen-bond acceptors (Lipinski definition) is 6. The van der Waals surface area contributed by atoms with Gasteiger partial charge in [0.1, 0.15) is 18.0 Å². The number of urea groups is 1. The number of nitrogens with zero attached hydrogens (tertiary/aromatic N) is 4. The number of amides is 2. The molecule has 0 aliphatic rings.